The molecule has 0 aliphatic heterocycles. The predicted octanol–water partition coefficient (Wildman–Crippen LogP) is 1.56. The quantitative estimate of drug-likeness (QED) is 0.588. The molecule has 0 saturated carbocycles. The van der Waals surface area contributed by atoms with Crippen molar-refractivity contribution < 1.29 is 4.84 Å². The Morgan fingerprint density at radius 1 is 1.33 bits per heavy atom. The molecule has 0 rings (SSSR count). The Morgan fingerprint density at radius 3 is 2.22 bits per heavy atom. The van der Waals surface area contributed by atoms with Gasteiger partial charge in [-0.05, 0) is 11.8 Å². The normalized spacial score (nSPS) is 17.3. The summed E-state index contributed by atoms with van der Waals surface area (Å²) in [7, 11) is 0. The maximum atomic E-state index is 4.92. The maximum Gasteiger partial charge on any atom is 0.0707 e. The summed E-state index contributed by atoms with van der Waals surface area (Å²) in [6, 6.07) is 0. The first kappa shape index (κ1) is 8.92. The van der Waals surface area contributed by atoms with Crippen LogP contribution in [0.1, 0.15) is 27.2 Å². The second-order valence-corrected chi connectivity index (χ2v) is 2.70. The maximum absolute atomic E-state index is 4.92. The number of rotatable bonds is 4. The fourth-order valence-electron chi connectivity index (χ4n) is 0.718. The van der Waals surface area contributed by atoms with E-state index in [1.54, 1.807) is 0 Å². The van der Waals surface area contributed by atoms with Crippen LogP contribution < -0.4 is 5.90 Å². The van der Waals surface area contributed by atoms with Crippen LogP contribution in [0.3, 0.4) is 0 Å². The van der Waals surface area contributed by atoms with E-state index in [4.69, 9.17) is 5.90 Å². The van der Waals surface area contributed by atoms with Crippen LogP contribution in [0, 0.1) is 11.8 Å². The molecule has 0 heterocycles. The molecular formula is C7H17NO. The largest absolute Gasteiger partial charge is 0.304 e. The van der Waals surface area contributed by atoms with Crippen LogP contribution >= 0.6 is 0 Å². The molecule has 0 amide bonds. The standard InChI is InChI=1S/C7H17NO/c1-4-6(2)7(3)5-9-8/h6-7H,4-5,8H2,1-3H3. The molecule has 0 saturated heterocycles. The highest BCUT2D eigenvalue weighted by molar-refractivity contribution is 4.57. The third kappa shape index (κ3) is 3.49. The molecule has 0 radical (unpaired) electrons. The molecule has 0 aliphatic carbocycles. The van der Waals surface area contributed by atoms with E-state index in [2.05, 4.69) is 25.6 Å². The van der Waals surface area contributed by atoms with Gasteiger partial charge in [-0.3, -0.25) is 0 Å². The van der Waals surface area contributed by atoms with Crippen molar-refractivity contribution in [1.82, 2.24) is 0 Å². The summed E-state index contributed by atoms with van der Waals surface area (Å²) < 4.78 is 0. The highest BCUT2D eigenvalue weighted by Gasteiger charge is 2.08. The summed E-state index contributed by atoms with van der Waals surface area (Å²) in [6.45, 7) is 7.22. The molecule has 0 aromatic rings. The second kappa shape index (κ2) is 4.77. The van der Waals surface area contributed by atoms with Gasteiger partial charge in [-0.1, -0.05) is 27.2 Å². The molecule has 0 aromatic carbocycles. The van der Waals surface area contributed by atoms with Crippen LogP contribution in [0.5, 0.6) is 0 Å². The first-order chi connectivity index (χ1) is 4.22. The Morgan fingerprint density at radius 2 is 1.89 bits per heavy atom. The summed E-state index contributed by atoms with van der Waals surface area (Å²) >= 11 is 0. The average molecular weight is 131 g/mol. The molecule has 2 heteroatoms. The van der Waals surface area contributed by atoms with Gasteiger partial charge in [0.15, 0.2) is 0 Å². The minimum absolute atomic E-state index is 0.583. The lowest BCUT2D eigenvalue weighted by Crippen LogP contribution is -2.16. The van der Waals surface area contributed by atoms with Crippen LogP contribution in [0.15, 0.2) is 0 Å². The molecule has 2 atom stereocenters. The zero-order valence-corrected chi connectivity index (χ0v) is 6.55. The monoisotopic (exact) mass is 131 g/mol. The summed E-state index contributed by atoms with van der Waals surface area (Å²) in [5.41, 5.74) is 0. The fourth-order valence-corrected chi connectivity index (χ4v) is 0.718. The zero-order chi connectivity index (χ0) is 7.28. The number of hydrogen-bond donors (Lipinski definition) is 1. The van der Waals surface area contributed by atoms with Gasteiger partial charge in [0.1, 0.15) is 0 Å². The van der Waals surface area contributed by atoms with Gasteiger partial charge < -0.3 is 4.84 Å². The van der Waals surface area contributed by atoms with Gasteiger partial charge in [-0.2, -0.15) is 0 Å². The zero-order valence-electron chi connectivity index (χ0n) is 6.55. The Bertz CT molecular complexity index is 65.9. The minimum atomic E-state index is 0.583. The van der Waals surface area contributed by atoms with Crippen molar-refractivity contribution in [3.63, 3.8) is 0 Å². The Hall–Kier alpha value is -0.0800. The van der Waals surface area contributed by atoms with Crippen LogP contribution in [0.4, 0.5) is 0 Å². The first-order valence-electron chi connectivity index (χ1n) is 3.54. The van der Waals surface area contributed by atoms with Crippen molar-refractivity contribution in [3.05, 3.63) is 0 Å². The topological polar surface area (TPSA) is 35.2 Å². The summed E-state index contributed by atoms with van der Waals surface area (Å²) in [5, 5.41) is 0. The van der Waals surface area contributed by atoms with Crippen LogP contribution in [0.25, 0.3) is 0 Å². The lowest BCUT2D eigenvalue weighted by atomic mass is 9.95. The van der Waals surface area contributed by atoms with Gasteiger partial charge in [0, 0.05) is 0 Å². The van der Waals surface area contributed by atoms with E-state index >= 15 is 0 Å². The van der Waals surface area contributed by atoms with Gasteiger partial charge in [0.2, 0.25) is 0 Å². The van der Waals surface area contributed by atoms with Crippen LogP contribution in [-0.4, -0.2) is 6.61 Å². The third-order valence-electron chi connectivity index (χ3n) is 1.97. The van der Waals surface area contributed by atoms with Crippen LogP contribution in [0.2, 0.25) is 0 Å². The lowest BCUT2D eigenvalue weighted by molar-refractivity contribution is 0.0873. The molecular weight excluding hydrogens is 114 g/mol. The number of nitrogens with two attached hydrogens (primary N) is 1. The number of hydrogen-bond acceptors (Lipinski definition) is 2. The SMILES string of the molecule is CCC(C)C(C)CON. The third-order valence-corrected chi connectivity index (χ3v) is 1.97. The smallest absolute Gasteiger partial charge is 0.0707 e. The highest BCUT2D eigenvalue weighted by Crippen LogP contribution is 2.13. The molecule has 0 bridgehead atoms. The lowest BCUT2D eigenvalue weighted by Gasteiger charge is -2.15. The molecule has 0 aromatic heterocycles. The van der Waals surface area contributed by atoms with Gasteiger partial charge in [-0.15, -0.1) is 0 Å². The Balaban J connectivity index is 3.32. The molecule has 0 fully saturated rings. The van der Waals surface area contributed by atoms with Crippen molar-refractivity contribution in [2.75, 3.05) is 6.61 Å². The van der Waals surface area contributed by atoms with Crippen molar-refractivity contribution >= 4 is 0 Å². The molecule has 2 N–H and O–H groups in total. The first-order valence-corrected chi connectivity index (χ1v) is 3.54. The van der Waals surface area contributed by atoms with E-state index in [1.165, 1.54) is 6.42 Å². The van der Waals surface area contributed by atoms with Gasteiger partial charge in [0.05, 0.1) is 6.61 Å². The molecule has 56 valence electrons. The van der Waals surface area contributed by atoms with Crippen LogP contribution in [-0.2, 0) is 4.84 Å². The summed E-state index contributed by atoms with van der Waals surface area (Å²) in [4.78, 5) is 4.53. The van der Waals surface area contributed by atoms with E-state index in [9.17, 15) is 0 Å². The van der Waals surface area contributed by atoms with Gasteiger partial charge in [-0.25, -0.2) is 5.90 Å². The van der Waals surface area contributed by atoms with Crippen molar-refractivity contribution in [1.29, 1.82) is 0 Å². The van der Waals surface area contributed by atoms with E-state index in [0.717, 1.165) is 0 Å². The van der Waals surface area contributed by atoms with Crippen molar-refractivity contribution in [2.24, 2.45) is 17.7 Å². The molecule has 0 aliphatic rings. The molecule has 2 nitrogen and oxygen atoms in total. The summed E-state index contributed by atoms with van der Waals surface area (Å²) in [5.74, 6) is 6.22. The van der Waals surface area contributed by atoms with E-state index in [1.807, 2.05) is 0 Å². The molecule has 9 heavy (non-hydrogen) atoms. The van der Waals surface area contributed by atoms with Gasteiger partial charge >= 0.3 is 0 Å². The second-order valence-electron chi connectivity index (χ2n) is 2.70. The van der Waals surface area contributed by atoms with Crippen molar-refractivity contribution in [3.8, 4) is 0 Å². The van der Waals surface area contributed by atoms with E-state index in [-0.39, 0.29) is 0 Å². The van der Waals surface area contributed by atoms with Gasteiger partial charge in [0.25, 0.3) is 0 Å². The highest BCUT2D eigenvalue weighted by atomic mass is 16.6. The predicted molar refractivity (Wildman–Crippen MR) is 38.8 cm³/mol. The minimum Gasteiger partial charge on any atom is -0.304 e. The summed E-state index contributed by atoms with van der Waals surface area (Å²) in [6.07, 6.45) is 1.20. The Labute approximate surface area is 57.3 Å². The Kier molecular flexibility index (Phi) is 4.72. The van der Waals surface area contributed by atoms with Crippen molar-refractivity contribution in [2.45, 2.75) is 27.2 Å². The molecule has 2 unspecified atom stereocenters. The molecule has 0 spiro atoms. The van der Waals surface area contributed by atoms with E-state index in [0.29, 0.717) is 18.4 Å². The van der Waals surface area contributed by atoms with E-state index < -0.39 is 0 Å². The fraction of sp³-hybridized carbons (Fsp3) is 1.00. The average Bonchev–Trinajstić information content (AvgIpc) is 1.87.